The molecule has 2 fully saturated rings. The Labute approximate surface area is 149 Å². The van der Waals surface area contributed by atoms with Crippen LogP contribution >= 0.6 is 0 Å². The maximum atomic E-state index is 12.7. The van der Waals surface area contributed by atoms with Gasteiger partial charge in [-0.1, -0.05) is 30.3 Å². The number of nitrogens with one attached hydrogen (secondary N) is 1. The Morgan fingerprint density at radius 3 is 2.60 bits per heavy atom. The quantitative estimate of drug-likeness (QED) is 0.807. The molecule has 5 heteroatoms. The number of hydrogen-bond donors (Lipinski definition) is 1. The molecule has 0 radical (unpaired) electrons. The average molecular weight is 344 g/mol. The van der Waals surface area contributed by atoms with Gasteiger partial charge in [0.1, 0.15) is 6.10 Å². The van der Waals surface area contributed by atoms with Crippen LogP contribution in [0.15, 0.2) is 30.3 Å². The molecule has 0 unspecified atom stereocenters. The summed E-state index contributed by atoms with van der Waals surface area (Å²) in [6.07, 6.45) is 3.07. The molecule has 1 aliphatic heterocycles. The van der Waals surface area contributed by atoms with Gasteiger partial charge in [-0.15, -0.1) is 0 Å². The van der Waals surface area contributed by atoms with Gasteiger partial charge in [0.2, 0.25) is 11.8 Å². The molecule has 1 saturated carbocycles. The van der Waals surface area contributed by atoms with Crippen LogP contribution in [-0.2, 0) is 14.3 Å². The van der Waals surface area contributed by atoms with E-state index in [4.69, 9.17) is 4.74 Å². The Hall–Kier alpha value is -1.88. The third kappa shape index (κ3) is 4.40. The molecule has 0 bridgehead atoms. The SMILES string of the molecule is C[C@H]1CO[C@@H](c2ccccc2)[C@H](C)N1C(=O)CCCNC(=O)C1CC1. The van der Waals surface area contributed by atoms with Crippen LogP contribution in [0.2, 0.25) is 0 Å². The molecule has 1 saturated heterocycles. The zero-order valence-electron chi connectivity index (χ0n) is 15.1. The lowest BCUT2D eigenvalue weighted by Gasteiger charge is -2.44. The van der Waals surface area contributed by atoms with Crippen molar-refractivity contribution in [2.75, 3.05) is 13.2 Å². The predicted octanol–water partition coefficient (Wildman–Crippen LogP) is 2.67. The second-order valence-corrected chi connectivity index (χ2v) is 7.22. The van der Waals surface area contributed by atoms with E-state index >= 15 is 0 Å². The molecule has 0 spiro atoms. The number of ether oxygens (including phenoxy) is 1. The molecular weight excluding hydrogens is 316 g/mol. The highest BCUT2D eigenvalue weighted by atomic mass is 16.5. The second kappa shape index (κ2) is 8.00. The summed E-state index contributed by atoms with van der Waals surface area (Å²) in [5, 5.41) is 2.93. The molecule has 2 amide bonds. The van der Waals surface area contributed by atoms with Crippen LogP contribution in [0.4, 0.5) is 0 Å². The van der Waals surface area contributed by atoms with Crippen molar-refractivity contribution in [3.8, 4) is 0 Å². The molecule has 2 aliphatic rings. The average Bonchev–Trinajstić information content (AvgIpc) is 3.44. The third-order valence-corrected chi connectivity index (χ3v) is 5.10. The fraction of sp³-hybridized carbons (Fsp3) is 0.600. The van der Waals surface area contributed by atoms with Gasteiger partial charge in [-0.3, -0.25) is 9.59 Å². The Kier molecular flexibility index (Phi) is 5.74. The molecule has 136 valence electrons. The lowest BCUT2D eigenvalue weighted by Crippen LogP contribution is -2.53. The van der Waals surface area contributed by atoms with Crippen molar-refractivity contribution < 1.29 is 14.3 Å². The minimum absolute atomic E-state index is 0.000273. The third-order valence-electron chi connectivity index (χ3n) is 5.10. The highest BCUT2D eigenvalue weighted by Gasteiger charge is 2.36. The van der Waals surface area contributed by atoms with Gasteiger partial charge in [-0.25, -0.2) is 0 Å². The minimum Gasteiger partial charge on any atom is -0.369 e. The standard InChI is InChI=1S/C20H28N2O3/c1-14-13-25-19(16-7-4-3-5-8-16)15(2)22(14)18(23)9-6-12-21-20(24)17-10-11-17/h3-5,7-8,14-15,17,19H,6,9-13H2,1-2H3,(H,21,24)/t14-,15-,19+/m0/s1. The highest BCUT2D eigenvalue weighted by Crippen LogP contribution is 2.31. The normalized spacial score (nSPS) is 26.3. The van der Waals surface area contributed by atoms with Crippen LogP contribution in [0.25, 0.3) is 0 Å². The molecule has 1 aromatic carbocycles. The molecule has 5 nitrogen and oxygen atoms in total. The molecule has 3 atom stereocenters. The van der Waals surface area contributed by atoms with Crippen molar-refractivity contribution in [1.82, 2.24) is 10.2 Å². The smallest absolute Gasteiger partial charge is 0.223 e. The largest absolute Gasteiger partial charge is 0.369 e. The van der Waals surface area contributed by atoms with E-state index in [1.165, 1.54) is 0 Å². The van der Waals surface area contributed by atoms with E-state index in [1.807, 2.05) is 42.2 Å². The number of amides is 2. The van der Waals surface area contributed by atoms with Crippen LogP contribution in [0.1, 0.15) is 51.2 Å². The van der Waals surface area contributed by atoms with Crippen molar-refractivity contribution in [3.63, 3.8) is 0 Å². The highest BCUT2D eigenvalue weighted by molar-refractivity contribution is 5.81. The monoisotopic (exact) mass is 344 g/mol. The maximum Gasteiger partial charge on any atom is 0.223 e. The van der Waals surface area contributed by atoms with E-state index in [0.717, 1.165) is 18.4 Å². The van der Waals surface area contributed by atoms with Crippen molar-refractivity contribution >= 4 is 11.8 Å². The summed E-state index contributed by atoms with van der Waals surface area (Å²) in [5.74, 6) is 0.510. The van der Waals surface area contributed by atoms with Crippen molar-refractivity contribution in [3.05, 3.63) is 35.9 Å². The van der Waals surface area contributed by atoms with E-state index in [-0.39, 0.29) is 35.9 Å². The Bertz CT molecular complexity index is 600. The summed E-state index contributed by atoms with van der Waals surface area (Å²) in [5.41, 5.74) is 1.11. The summed E-state index contributed by atoms with van der Waals surface area (Å²) < 4.78 is 6.01. The predicted molar refractivity (Wildman–Crippen MR) is 95.9 cm³/mol. The molecule has 1 N–H and O–H groups in total. The first-order valence-corrected chi connectivity index (χ1v) is 9.33. The Morgan fingerprint density at radius 1 is 1.20 bits per heavy atom. The fourth-order valence-corrected chi connectivity index (χ4v) is 3.57. The van der Waals surface area contributed by atoms with Crippen LogP contribution in [-0.4, -0.2) is 41.9 Å². The minimum atomic E-state index is -0.0871. The number of nitrogens with zero attached hydrogens (tertiary/aromatic N) is 1. The molecule has 1 heterocycles. The lowest BCUT2D eigenvalue weighted by molar-refractivity contribution is -0.153. The van der Waals surface area contributed by atoms with Crippen LogP contribution in [0.5, 0.6) is 0 Å². The number of carbonyl (C=O) groups is 2. The Morgan fingerprint density at radius 2 is 1.92 bits per heavy atom. The van der Waals surface area contributed by atoms with E-state index in [0.29, 0.717) is 26.0 Å². The number of rotatable bonds is 6. The number of hydrogen-bond acceptors (Lipinski definition) is 3. The first-order valence-electron chi connectivity index (χ1n) is 9.33. The van der Waals surface area contributed by atoms with Gasteiger partial charge in [-0.2, -0.15) is 0 Å². The fourth-order valence-electron chi connectivity index (χ4n) is 3.57. The van der Waals surface area contributed by atoms with Gasteiger partial charge in [0.15, 0.2) is 0 Å². The molecule has 1 aliphatic carbocycles. The zero-order valence-corrected chi connectivity index (χ0v) is 15.1. The van der Waals surface area contributed by atoms with E-state index < -0.39 is 0 Å². The molecule has 1 aromatic rings. The topological polar surface area (TPSA) is 58.6 Å². The molecule has 25 heavy (non-hydrogen) atoms. The van der Waals surface area contributed by atoms with E-state index in [1.54, 1.807) is 0 Å². The molecular formula is C20H28N2O3. The summed E-state index contributed by atoms with van der Waals surface area (Å²) in [4.78, 5) is 26.3. The van der Waals surface area contributed by atoms with E-state index in [2.05, 4.69) is 12.2 Å². The summed E-state index contributed by atoms with van der Waals surface area (Å²) in [6, 6.07) is 10.2. The number of carbonyl (C=O) groups excluding carboxylic acids is 2. The molecule has 3 rings (SSSR count). The van der Waals surface area contributed by atoms with Crippen LogP contribution in [0, 0.1) is 5.92 Å². The van der Waals surface area contributed by atoms with Gasteiger partial charge in [0.05, 0.1) is 18.7 Å². The molecule has 0 aromatic heterocycles. The zero-order chi connectivity index (χ0) is 17.8. The van der Waals surface area contributed by atoms with Gasteiger partial charge in [-0.05, 0) is 38.7 Å². The van der Waals surface area contributed by atoms with Crippen molar-refractivity contribution in [1.29, 1.82) is 0 Å². The number of morpholine rings is 1. The summed E-state index contributed by atoms with van der Waals surface area (Å²) in [7, 11) is 0. The van der Waals surface area contributed by atoms with Crippen LogP contribution < -0.4 is 5.32 Å². The van der Waals surface area contributed by atoms with Gasteiger partial charge >= 0.3 is 0 Å². The lowest BCUT2D eigenvalue weighted by atomic mass is 9.98. The maximum absolute atomic E-state index is 12.7. The van der Waals surface area contributed by atoms with Crippen molar-refractivity contribution in [2.24, 2.45) is 5.92 Å². The Balaban J connectivity index is 1.53. The first kappa shape index (κ1) is 17.9. The second-order valence-electron chi connectivity index (χ2n) is 7.22. The number of benzene rings is 1. The van der Waals surface area contributed by atoms with Gasteiger partial charge < -0.3 is 15.0 Å². The van der Waals surface area contributed by atoms with E-state index in [9.17, 15) is 9.59 Å². The first-order chi connectivity index (χ1) is 12.1. The summed E-state index contributed by atoms with van der Waals surface area (Å²) in [6.45, 7) is 5.22. The van der Waals surface area contributed by atoms with Crippen molar-refractivity contribution in [2.45, 2.75) is 57.7 Å². The van der Waals surface area contributed by atoms with Gasteiger partial charge in [0.25, 0.3) is 0 Å². The summed E-state index contributed by atoms with van der Waals surface area (Å²) >= 11 is 0. The van der Waals surface area contributed by atoms with Gasteiger partial charge in [0, 0.05) is 18.9 Å². The van der Waals surface area contributed by atoms with Crippen LogP contribution in [0.3, 0.4) is 0 Å².